The molecule has 0 aliphatic carbocycles. The summed E-state index contributed by atoms with van der Waals surface area (Å²) in [6.07, 6.45) is 3.27. The minimum Gasteiger partial charge on any atom is -0.249 e. The largest absolute Gasteiger partial charge is 0.268 e. The van der Waals surface area contributed by atoms with Crippen molar-refractivity contribution >= 4 is 21.4 Å². The minimum absolute atomic E-state index is 0.284. The van der Waals surface area contributed by atoms with Crippen LogP contribution in [0, 0.1) is 13.8 Å². The number of hydrogen-bond acceptors (Lipinski definition) is 4. The molecule has 2 heterocycles. The van der Waals surface area contributed by atoms with E-state index in [1.807, 2.05) is 13.8 Å². The molecule has 0 spiro atoms. The van der Waals surface area contributed by atoms with E-state index >= 15 is 0 Å². The lowest BCUT2D eigenvalue weighted by Gasteiger charge is -2.09. The molecule has 0 atom stereocenters. The van der Waals surface area contributed by atoms with Gasteiger partial charge in [0.2, 0.25) is 0 Å². The Morgan fingerprint density at radius 3 is 2.43 bits per heavy atom. The van der Waals surface area contributed by atoms with Crippen LogP contribution in [0.1, 0.15) is 10.6 Å². The fraction of sp³-hybridized carbons (Fsp3) is 0.133. The van der Waals surface area contributed by atoms with Crippen molar-refractivity contribution in [1.82, 2.24) is 8.96 Å². The van der Waals surface area contributed by atoms with Crippen LogP contribution in [0.5, 0.6) is 0 Å². The maximum atomic E-state index is 12.8. The van der Waals surface area contributed by atoms with Gasteiger partial charge < -0.3 is 0 Å². The Balaban J connectivity index is 2.13. The first-order valence-corrected chi connectivity index (χ1v) is 8.66. The topological polar surface area (TPSA) is 52.0 Å². The zero-order valence-corrected chi connectivity index (χ0v) is 13.3. The second-order valence-electron chi connectivity index (χ2n) is 4.75. The first kappa shape index (κ1) is 14.0. The predicted octanol–water partition coefficient (Wildman–Crippen LogP) is 3.47. The highest BCUT2D eigenvalue weighted by Crippen LogP contribution is 2.29. The molecular weight excluding hydrogens is 304 g/mol. The average Bonchev–Trinajstić information content (AvgIpc) is 3.07. The zero-order chi connectivity index (χ0) is 15.0. The maximum absolute atomic E-state index is 12.8. The number of hydrogen-bond donors (Lipinski definition) is 0. The molecule has 0 N–H and O–H groups in total. The van der Waals surface area contributed by atoms with Crippen LogP contribution in [-0.4, -0.2) is 17.4 Å². The van der Waals surface area contributed by atoms with Crippen molar-refractivity contribution in [3.05, 3.63) is 59.4 Å². The molecule has 0 bridgehead atoms. The maximum Gasteiger partial charge on any atom is 0.268 e. The summed E-state index contributed by atoms with van der Waals surface area (Å²) in [6.45, 7) is 3.83. The quantitative estimate of drug-likeness (QED) is 0.743. The van der Waals surface area contributed by atoms with Gasteiger partial charge in [0.15, 0.2) is 0 Å². The van der Waals surface area contributed by atoms with Crippen molar-refractivity contribution in [2.24, 2.45) is 0 Å². The van der Waals surface area contributed by atoms with Gasteiger partial charge in [0.1, 0.15) is 0 Å². The lowest BCUT2D eigenvalue weighted by Crippen LogP contribution is -2.12. The van der Waals surface area contributed by atoms with Gasteiger partial charge in [-0.05, 0) is 38.1 Å². The van der Waals surface area contributed by atoms with Crippen LogP contribution in [-0.2, 0) is 10.0 Å². The number of nitrogens with zero attached hydrogens (tertiary/aromatic N) is 2. The van der Waals surface area contributed by atoms with Crippen LogP contribution in [0.15, 0.2) is 53.7 Å². The average molecular weight is 318 g/mol. The van der Waals surface area contributed by atoms with Crippen molar-refractivity contribution < 1.29 is 8.42 Å². The minimum atomic E-state index is -3.59. The molecule has 0 unspecified atom stereocenters. The highest BCUT2D eigenvalue weighted by Gasteiger charge is 2.20. The van der Waals surface area contributed by atoms with E-state index in [0.717, 1.165) is 15.4 Å². The number of aromatic nitrogens is 2. The van der Waals surface area contributed by atoms with Crippen LogP contribution in [0.3, 0.4) is 0 Å². The smallest absolute Gasteiger partial charge is 0.249 e. The molecule has 108 valence electrons. The summed E-state index contributed by atoms with van der Waals surface area (Å²) in [6, 6.07) is 10.4. The molecule has 21 heavy (non-hydrogen) atoms. The number of rotatable bonds is 3. The van der Waals surface area contributed by atoms with E-state index in [2.05, 4.69) is 4.98 Å². The summed E-state index contributed by atoms with van der Waals surface area (Å²) in [4.78, 5) is 5.32. The van der Waals surface area contributed by atoms with Gasteiger partial charge in [0.25, 0.3) is 10.0 Å². The summed E-state index contributed by atoms with van der Waals surface area (Å²) in [7, 11) is -3.59. The van der Waals surface area contributed by atoms with E-state index in [1.54, 1.807) is 48.8 Å². The molecule has 4 nitrogen and oxygen atoms in total. The van der Waals surface area contributed by atoms with Gasteiger partial charge in [0, 0.05) is 12.4 Å². The van der Waals surface area contributed by atoms with E-state index in [0.29, 0.717) is 5.69 Å². The molecule has 3 aromatic rings. The van der Waals surface area contributed by atoms with Crippen LogP contribution in [0.4, 0.5) is 0 Å². The number of aryl methyl sites for hydroxylation is 2. The molecule has 3 rings (SSSR count). The highest BCUT2D eigenvalue weighted by atomic mass is 32.2. The van der Waals surface area contributed by atoms with Crippen LogP contribution in [0.25, 0.3) is 10.6 Å². The fourth-order valence-electron chi connectivity index (χ4n) is 2.07. The van der Waals surface area contributed by atoms with E-state index in [4.69, 9.17) is 0 Å². The molecular formula is C15H14N2O2S2. The van der Waals surface area contributed by atoms with Crippen LogP contribution >= 0.6 is 11.3 Å². The molecule has 6 heteroatoms. The summed E-state index contributed by atoms with van der Waals surface area (Å²) in [5, 5.41) is 0.908. The lowest BCUT2D eigenvalue weighted by molar-refractivity contribution is 0.588. The Morgan fingerprint density at radius 2 is 1.81 bits per heavy atom. The number of benzene rings is 1. The SMILES string of the molecule is Cc1ccc(S(=O)(=O)n2cccc2-c2cnc(C)s2)cc1. The third kappa shape index (κ3) is 2.52. The summed E-state index contributed by atoms with van der Waals surface area (Å²) in [5.74, 6) is 0. The van der Waals surface area contributed by atoms with Gasteiger partial charge in [-0.2, -0.15) is 0 Å². The second kappa shape index (κ2) is 5.13. The molecule has 0 amide bonds. The van der Waals surface area contributed by atoms with Gasteiger partial charge in [-0.15, -0.1) is 11.3 Å². The van der Waals surface area contributed by atoms with E-state index in [9.17, 15) is 8.42 Å². The Labute approximate surface area is 127 Å². The van der Waals surface area contributed by atoms with E-state index in [1.165, 1.54) is 15.3 Å². The zero-order valence-electron chi connectivity index (χ0n) is 11.6. The molecule has 0 radical (unpaired) electrons. The van der Waals surface area contributed by atoms with Gasteiger partial charge >= 0.3 is 0 Å². The lowest BCUT2D eigenvalue weighted by atomic mass is 10.2. The van der Waals surface area contributed by atoms with Gasteiger partial charge in [-0.1, -0.05) is 17.7 Å². The third-order valence-corrected chi connectivity index (χ3v) is 5.80. The van der Waals surface area contributed by atoms with Gasteiger partial charge in [0.05, 0.1) is 20.5 Å². The van der Waals surface area contributed by atoms with E-state index < -0.39 is 10.0 Å². The summed E-state index contributed by atoms with van der Waals surface area (Å²) < 4.78 is 26.8. The van der Waals surface area contributed by atoms with Gasteiger partial charge in [-0.25, -0.2) is 17.4 Å². The molecule has 0 saturated heterocycles. The van der Waals surface area contributed by atoms with Crippen LogP contribution in [0.2, 0.25) is 0 Å². The van der Waals surface area contributed by atoms with Crippen molar-refractivity contribution in [3.8, 4) is 10.6 Å². The van der Waals surface area contributed by atoms with Crippen LogP contribution < -0.4 is 0 Å². The normalized spacial score (nSPS) is 11.7. The third-order valence-electron chi connectivity index (χ3n) is 3.16. The Hall–Kier alpha value is -1.92. The highest BCUT2D eigenvalue weighted by molar-refractivity contribution is 7.90. The summed E-state index contributed by atoms with van der Waals surface area (Å²) >= 11 is 1.48. The second-order valence-corrected chi connectivity index (χ2v) is 7.80. The molecule has 0 aliphatic rings. The van der Waals surface area contributed by atoms with Crippen molar-refractivity contribution in [2.45, 2.75) is 18.7 Å². The Kier molecular flexibility index (Phi) is 3.43. The summed E-state index contributed by atoms with van der Waals surface area (Å²) in [5.41, 5.74) is 1.67. The number of thiazole rings is 1. The Morgan fingerprint density at radius 1 is 1.10 bits per heavy atom. The molecule has 2 aromatic heterocycles. The molecule has 0 aliphatic heterocycles. The van der Waals surface area contributed by atoms with E-state index in [-0.39, 0.29) is 4.90 Å². The molecule has 0 saturated carbocycles. The predicted molar refractivity (Wildman–Crippen MR) is 84.0 cm³/mol. The Bertz CT molecular complexity index is 875. The molecule has 0 fully saturated rings. The monoisotopic (exact) mass is 318 g/mol. The first-order valence-electron chi connectivity index (χ1n) is 6.41. The molecule has 1 aromatic carbocycles. The van der Waals surface area contributed by atoms with Gasteiger partial charge in [-0.3, -0.25) is 0 Å². The van der Waals surface area contributed by atoms with Crippen molar-refractivity contribution in [3.63, 3.8) is 0 Å². The first-order chi connectivity index (χ1) is 9.98. The standard InChI is InChI=1S/C15H14N2O2S2/c1-11-5-7-13(8-6-11)21(18,19)17-9-3-4-14(17)15-10-16-12(2)20-15/h3-10H,1-2H3. The van der Waals surface area contributed by atoms with Crippen molar-refractivity contribution in [1.29, 1.82) is 0 Å². The fourth-order valence-corrected chi connectivity index (χ4v) is 4.28. The van der Waals surface area contributed by atoms with Crippen molar-refractivity contribution in [2.75, 3.05) is 0 Å².